The zero-order valence-electron chi connectivity index (χ0n) is 19.5. The fraction of sp³-hybridized carbons (Fsp3) is 0.115. The maximum absolute atomic E-state index is 12.7. The van der Waals surface area contributed by atoms with E-state index in [2.05, 4.69) is 27.3 Å². The van der Waals surface area contributed by atoms with E-state index < -0.39 is 5.91 Å². The summed E-state index contributed by atoms with van der Waals surface area (Å²) in [6.45, 7) is 7.55. The van der Waals surface area contributed by atoms with Crippen LogP contribution in [-0.4, -0.2) is 32.9 Å². The number of hydrogen-bond donors (Lipinski definition) is 2. The van der Waals surface area contributed by atoms with Crippen LogP contribution < -0.4 is 10.6 Å². The van der Waals surface area contributed by atoms with E-state index in [1.807, 2.05) is 44.2 Å². The van der Waals surface area contributed by atoms with Crippen LogP contribution in [0.3, 0.4) is 0 Å². The normalized spacial score (nSPS) is 10.6. The van der Waals surface area contributed by atoms with Gasteiger partial charge in [0.25, 0.3) is 11.8 Å². The van der Waals surface area contributed by atoms with Crippen LogP contribution in [0.2, 0.25) is 0 Å². The molecule has 4 rings (SSSR count). The molecule has 176 valence electrons. The van der Waals surface area contributed by atoms with Crippen LogP contribution in [0.25, 0.3) is 17.2 Å². The van der Waals surface area contributed by atoms with Gasteiger partial charge in [-0.1, -0.05) is 36.9 Å². The van der Waals surface area contributed by atoms with E-state index in [1.165, 1.54) is 22.1 Å². The average molecular weight is 486 g/mol. The molecule has 9 heteroatoms. The number of nitrogens with zero attached hydrogens (tertiary/aromatic N) is 3. The molecule has 0 saturated carbocycles. The van der Waals surface area contributed by atoms with Crippen LogP contribution in [0.1, 0.15) is 46.8 Å². The minimum atomic E-state index is -0.408. The molecule has 2 heterocycles. The molecule has 0 spiro atoms. The Morgan fingerprint density at radius 1 is 1.00 bits per heavy atom. The predicted molar refractivity (Wildman–Crippen MR) is 138 cm³/mol. The van der Waals surface area contributed by atoms with Crippen molar-refractivity contribution in [1.82, 2.24) is 14.8 Å². The number of amides is 2. The molecule has 0 unspecified atom stereocenters. The van der Waals surface area contributed by atoms with E-state index in [9.17, 15) is 14.4 Å². The van der Waals surface area contributed by atoms with Gasteiger partial charge in [-0.25, -0.2) is 4.98 Å². The first-order chi connectivity index (χ1) is 16.8. The molecule has 0 aliphatic carbocycles. The maximum Gasteiger partial charge on any atom is 0.284 e. The Kier molecular flexibility index (Phi) is 6.70. The summed E-state index contributed by atoms with van der Waals surface area (Å²) in [5.74, 6) is -0.694. The zero-order valence-corrected chi connectivity index (χ0v) is 20.3. The van der Waals surface area contributed by atoms with E-state index >= 15 is 0 Å². The molecule has 2 aromatic carbocycles. The predicted octanol–water partition coefficient (Wildman–Crippen LogP) is 5.12. The summed E-state index contributed by atoms with van der Waals surface area (Å²) in [5.41, 5.74) is 5.34. The number of nitrogens with one attached hydrogen (secondary N) is 2. The number of hydrogen-bond acceptors (Lipinski definition) is 6. The van der Waals surface area contributed by atoms with Gasteiger partial charge in [-0.05, 0) is 54.3 Å². The quantitative estimate of drug-likeness (QED) is 0.354. The summed E-state index contributed by atoms with van der Waals surface area (Å²) >= 11 is 1.27. The fourth-order valence-corrected chi connectivity index (χ4v) is 4.34. The number of rotatable bonds is 7. The molecule has 0 bridgehead atoms. The Bertz CT molecular complexity index is 1470. The van der Waals surface area contributed by atoms with Crippen molar-refractivity contribution in [3.05, 3.63) is 87.6 Å². The van der Waals surface area contributed by atoms with Crippen molar-refractivity contribution >= 4 is 46.9 Å². The number of carbonyl (C=O) groups excluding carboxylic acids is 3. The van der Waals surface area contributed by atoms with Gasteiger partial charge in [0.05, 0.1) is 0 Å². The number of anilines is 2. The summed E-state index contributed by atoms with van der Waals surface area (Å²) in [6, 6.07) is 12.7. The molecule has 0 aliphatic heterocycles. The third kappa shape index (κ3) is 4.80. The van der Waals surface area contributed by atoms with Crippen molar-refractivity contribution < 1.29 is 14.4 Å². The van der Waals surface area contributed by atoms with Gasteiger partial charge in [0.15, 0.2) is 17.0 Å². The Labute approximate surface area is 206 Å². The van der Waals surface area contributed by atoms with Crippen LogP contribution in [-0.2, 0) is 7.05 Å². The highest BCUT2D eigenvalue weighted by Crippen LogP contribution is 2.34. The van der Waals surface area contributed by atoms with Crippen LogP contribution in [0, 0.1) is 13.8 Å². The van der Waals surface area contributed by atoms with Crippen LogP contribution >= 0.6 is 11.3 Å². The standard InChI is InChI=1S/C26H23N5O3S/c1-5-18-13-27-26(35-18)25(34)29-22-11-7-9-20(16(22)3)19-8-6-10-21(15(19)2)28-24(33)23-12-17(14-32)31(4)30-23/h5-14H,1H2,2-4H3,(H,28,33)(H,29,34). The van der Waals surface area contributed by atoms with Crippen molar-refractivity contribution in [3.63, 3.8) is 0 Å². The summed E-state index contributed by atoms with van der Waals surface area (Å²) in [5, 5.41) is 10.3. The SMILES string of the molecule is C=Cc1cnc(C(=O)Nc2cccc(-c3cccc(NC(=O)c4cc(C=O)n(C)n4)c3C)c2C)s1. The number of aryl methyl sites for hydroxylation is 1. The Morgan fingerprint density at radius 3 is 2.11 bits per heavy atom. The molecule has 0 saturated heterocycles. The van der Waals surface area contributed by atoms with Gasteiger partial charge in [-0.2, -0.15) is 5.10 Å². The second-order valence-electron chi connectivity index (χ2n) is 7.83. The Balaban J connectivity index is 1.61. The molecular weight excluding hydrogens is 462 g/mol. The molecule has 2 amide bonds. The molecule has 8 nitrogen and oxygen atoms in total. The van der Waals surface area contributed by atoms with E-state index in [0.717, 1.165) is 27.1 Å². The van der Waals surface area contributed by atoms with Crippen molar-refractivity contribution in [2.45, 2.75) is 13.8 Å². The van der Waals surface area contributed by atoms with E-state index in [1.54, 1.807) is 25.4 Å². The lowest BCUT2D eigenvalue weighted by Gasteiger charge is -2.16. The maximum atomic E-state index is 12.7. The summed E-state index contributed by atoms with van der Waals surface area (Å²) in [6.07, 6.45) is 3.92. The average Bonchev–Trinajstić information content (AvgIpc) is 3.48. The van der Waals surface area contributed by atoms with Gasteiger partial charge < -0.3 is 10.6 Å². The number of benzene rings is 2. The van der Waals surface area contributed by atoms with Gasteiger partial charge in [0.2, 0.25) is 0 Å². The zero-order chi connectivity index (χ0) is 25.1. The van der Waals surface area contributed by atoms with Gasteiger partial charge in [-0.15, -0.1) is 11.3 Å². The lowest BCUT2D eigenvalue weighted by Crippen LogP contribution is -2.14. The summed E-state index contributed by atoms with van der Waals surface area (Å²) in [7, 11) is 1.60. The van der Waals surface area contributed by atoms with Gasteiger partial charge in [-0.3, -0.25) is 19.1 Å². The second-order valence-corrected chi connectivity index (χ2v) is 8.89. The molecular formula is C26H23N5O3S. The summed E-state index contributed by atoms with van der Waals surface area (Å²) in [4.78, 5) is 41.5. The van der Waals surface area contributed by atoms with Gasteiger partial charge in [0, 0.05) is 29.5 Å². The minimum absolute atomic E-state index is 0.155. The van der Waals surface area contributed by atoms with E-state index in [4.69, 9.17) is 0 Å². The third-order valence-electron chi connectivity index (χ3n) is 5.64. The number of aromatic nitrogens is 3. The monoisotopic (exact) mass is 485 g/mol. The molecule has 2 N–H and O–H groups in total. The first kappa shape index (κ1) is 23.8. The number of thiazole rings is 1. The third-order valence-corrected chi connectivity index (χ3v) is 6.63. The Morgan fingerprint density at radius 2 is 1.60 bits per heavy atom. The minimum Gasteiger partial charge on any atom is -0.320 e. The molecule has 0 aliphatic rings. The Hall–Kier alpha value is -4.37. The first-order valence-electron chi connectivity index (χ1n) is 10.7. The molecule has 0 atom stereocenters. The molecule has 0 fully saturated rings. The lowest BCUT2D eigenvalue weighted by atomic mass is 9.94. The van der Waals surface area contributed by atoms with Crippen LogP contribution in [0.5, 0.6) is 0 Å². The molecule has 2 aromatic heterocycles. The number of carbonyl (C=O) groups is 3. The highest BCUT2D eigenvalue weighted by molar-refractivity contribution is 7.14. The highest BCUT2D eigenvalue weighted by atomic mass is 32.1. The smallest absolute Gasteiger partial charge is 0.284 e. The van der Waals surface area contributed by atoms with Crippen molar-refractivity contribution in [3.8, 4) is 11.1 Å². The lowest BCUT2D eigenvalue weighted by molar-refractivity contribution is 0.101. The summed E-state index contributed by atoms with van der Waals surface area (Å²) < 4.78 is 1.36. The van der Waals surface area contributed by atoms with Crippen LogP contribution in [0.15, 0.2) is 55.2 Å². The van der Waals surface area contributed by atoms with Crippen molar-refractivity contribution in [2.24, 2.45) is 7.05 Å². The topological polar surface area (TPSA) is 106 Å². The fourth-order valence-electron chi connectivity index (χ4n) is 3.68. The van der Waals surface area contributed by atoms with Gasteiger partial charge in [0.1, 0.15) is 5.69 Å². The highest BCUT2D eigenvalue weighted by Gasteiger charge is 2.17. The van der Waals surface area contributed by atoms with Crippen molar-refractivity contribution in [2.75, 3.05) is 10.6 Å². The molecule has 0 radical (unpaired) electrons. The van der Waals surface area contributed by atoms with Crippen LogP contribution in [0.4, 0.5) is 11.4 Å². The first-order valence-corrected chi connectivity index (χ1v) is 11.5. The molecule has 35 heavy (non-hydrogen) atoms. The number of aldehydes is 1. The van der Waals surface area contributed by atoms with E-state index in [-0.39, 0.29) is 11.6 Å². The molecule has 4 aromatic rings. The van der Waals surface area contributed by atoms with E-state index in [0.29, 0.717) is 28.4 Å². The second kappa shape index (κ2) is 9.86. The van der Waals surface area contributed by atoms with Gasteiger partial charge >= 0.3 is 0 Å². The van der Waals surface area contributed by atoms with Crippen molar-refractivity contribution in [1.29, 1.82) is 0 Å². The largest absolute Gasteiger partial charge is 0.320 e.